The molecular weight excluding hydrogens is 432 g/mol. The molecule has 172 valence electrons. The molecular formula is C22H22N4O7. The molecule has 11 heteroatoms. The third-order valence-electron chi connectivity index (χ3n) is 5.06. The van der Waals surface area contributed by atoms with Gasteiger partial charge in [-0.05, 0) is 24.6 Å². The minimum absolute atomic E-state index is 0.113. The molecule has 1 aliphatic heterocycles. The van der Waals surface area contributed by atoms with Crippen LogP contribution in [0.4, 0.5) is 5.69 Å². The number of ether oxygens (including phenoxy) is 1. The molecule has 1 heterocycles. The predicted molar refractivity (Wildman–Crippen MR) is 114 cm³/mol. The Morgan fingerprint density at radius 2 is 1.82 bits per heavy atom. The van der Waals surface area contributed by atoms with Crippen molar-refractivity contribution in [2.24, 2.45) is 5.92 Å². The van der Waals surface area contributed by atoms with Crippen LogP contribution in [0, 0.1) is 16.0 Å². The van der Waals surface area contributed by atoms with E-state index < -0.39 is 41.1 Å². The lowest BCUT2D eigenvalue weighted by Crippen LogP contribution is -2.43. The van der Waals surface area contributed by atoms with E-state index in [4.69, 9.17) is 4.74 Å². The van der Waals surface area contributed by atoms with Gasteiger partial charge in [0.15, 0.2) is 6.61 Å². The Morgan fingerprint density at radius 1 is 1.15 bits per heavy atom. The minimum atomic E-state index is -0.839. The average Bonchev–Trinajstić information content (AvgIpc) is 3.18. The number of nitro benzene ring substituents is 1. The quantitative estimate of drug-likeness (QED) is 0.349. The number of nitro groups is 1. The fourth-order valence-electron chi connectivity index (χ4n) is 3.26. The van der Waals surface area contributed by atoms with E-state index in [1.54, 1.807) is 6.92 Å². The topological polar surface area (TPSA) is 148 Å². The third kappa shape index (κ3) is 6.12. The van der Waals surface area contributed by atoms with Crippen LogP contribution in [0.3, 0.4) is 0 Å². The summed E-state index contributed by atoms with van der Waals surface area (Å²) in [6.07, 6.45) is -0.179. The van der Waals surface area contributed by atoms with Crippen LogP contribution in [0.15, 0.2) is 54.6 Å². The molecule has 0 spiro atoms. The van der Waals surface area contributed by atoms with Gasteiger partial charge in [0, 0.05) is 24.1 Å². The van der Waals surface area contributed by atoms with Crippen LogP contribution in [-0.2, 0) is 19.1 Å². The Labute approximate surface area is 188 Å². The molecule has 2 atom stereocenters. The second-order valence-electron chi connectivity index (χ2n) is 7.46. The van der Waals surface area contributed by atoms with Crippen molar-refractivity contribution in [1.29, 1.82) is 0 Å². The van der Waals surface area contributed by atoms with Crippen LogP contribution in [0.1, 0.15) is 35.3 Å². The summed E-state index contributed by atoms with van der Waals surface area (Å²) in [4.78, 5) is 59.0. The second-order valence-corrected chi connectivity index (χ2v) is 7.46. The van der Waals surface area contributed by atoms with Crippen LogP contribution < -0.4 is 10.7 Å². The first-order valence-electron chi connectivity index (χ1n) is 10.1. The number of amides is 3. The van der Waals surface area contributed by atoms with Crippen LogP contribution in [0.5, 0.6) is 0 Å². The van der Waals surface area contributed by atoms with Gasteiger partial charge in [0.05, 0.1) is 23.4 Å². The highest BCUT2D eigenvalue weighted by Crippen LogP contribution is 2.19. The largest absolute Gasteiger partial charge is 0.455 e. The zero-order chi connectivity index (χ0) is 24.0. The number of nitrogens with one attached hydrogen (secondary N) is 2. The van der Waals surface area contributed by atoms with Crippen LogP contribution in [0.2, 0.25) is 0 Å². The Balaban J connectivity index is 1.46. The van der Waals surface area contributed by atoms with Crippen molar-refractivity contribution in [3.63, 3.8) is 0 Å². The van der Waals surface area contributed by atoms with Crippen LogP contribution in [0.25, 0.3) is 0 Å². The number of nitrogens with zero attached hydrogens (tertiary/aromatic N) is 2. The molecule has 2 aromatic rings. The van der Waals surface area contributed by atoms with E-state index in [0.717, 1.165) is 10.6 Å². The smallest absolute Gasteiger partial charge is 0.311 e. The molecule has 0 saturated carbocycles. The predicted octanol–water partition coefficient (Wildman–Crippen LogP) is 1.51. The van der Waals surface area contributed by atoms with Gasteiger partial charge in [-0.1, -0.05) is 30.3 Å². The van der Waals surface area contributed by atoms with E-state index in [2.05, 4.69) is 10.7 Å². The SMILES string of the molecule is C[C@@H](NC(=O)COC(=O)[C@@H]1CC(=O)N(NC(=O)c2ccc([N+](=O)[O-])cc2)C1)c1ccccc1. The Hall–Kier alpha value is -4.28. The molecule has 0 unspecified atom stereocenters. The van der Waals surface area contributed by atoms with E-state index in [0.29, 0.717) is 0 Å². The van der Waals surface area contributed by atoms with Gasteiger partial charge in [0.1, 0.15) is 0 Å². The lowest BCUT2D eigenvalue weighted by atomic mass is 10.1. The number of benzene rings is 2. The van der Waals surface area contributed by atoms with Gasteiger partial charge in [-0.15, -0.1) is 0 Å². The molecule has 0 aliphatic carbocycles. The maximum absolute atomic E-state index is 12.3. The molecule has 1 fully saturated rings. The summed E-state index contributed by atoms with van der Waals surface area (Å²) < 4.78 is 5.04. The van der Waals surface area contributed by atoms with Crippen molar-refractivity contribution in [2.75, 3.05) is 13.2 Å². The summed E-state index contributed by atoms with van der Waals surface area (Å²) >= 11 is 0. The van der Waals surface area contributed by atoms with Gasteiger partial charge in [0.2, 0.25) is 5.91 Å². The zero-order valence-corrected chi connectivity index (χ0v) is 17.7. The van der Waals surface area contributed by atoms with Gasteiger partial charge in [-0.3, -0.25) is 39.7 Å². The molecule has 11 nitrogen and oxygen atoms in total. The molecule has 1 aliphatic rings. The standard InChI is InChI=1S/C22H22N4O7/c1-14(15-5-3-2-4-6-15)23-19(27)13-33-22(30)17-11-20(28)25(12-17)24-21(29)16-7-9-18(10-8-16)26(31)32/h2-10,14,17H,11-13H2,1H3,(H,23,27)(H,24,29)/t14-,17-/m1/s1. The van der Waals surface area contributed by atoms with Gasteiger partial charge in [-0.25, -0.2) is 0 Å². The Morgan fingerprint density at radius 3 is 2.45 bits per heavy atom. The molecule has 2 N–H and O–H groups in total. The highest BCUT2D eigenvalue weighted by atomic mass is 16.6. The van der Waals surface area contributed by atoms with Crippen molar-refractivity contribution < 1.29 is 28.8 Å². The summed E-state index contributed by atoms with van der Waals surface area (Å²) in [7, 11) is 0. The summed E-state index contributed by atoms with van der Waals surface area (Å²) in [6.45, 7) is 1.20. The molecule has 3 amide bonds. The van der Waals surface area contributed by atoms with E-state index in [9.17, 15) is 29.3 Å². The molecule has 0 bridgehead atoms. The van der Waals surface area contributed by atoms with Crippen molar-refractivity contribution in [1.82, 2.24) is 15.8 Å². The number of carbonyl (C=O) groups excluding carboxylic acids is 4. The van der Waals surface area contributed by atoms with Gasteiger partial charge >= 0.3 is 5.97 Å². The van der Waals surface area contributed by atoms with Crippen LogP contribution >= 0.6 is 0 Å². The third-order valence-corrected chi connectivity index (χ3v) is 5.06. The maximum atomic E-state index is 12.3. The summed E-state index contributed by atoms with van der Waals surface area (Å²) in [6, 6.07) is 13.9. The lowest BCUT2D eigenvalue weighted by molar-refractivity contribution is -0.384. The first-order valence-corrected chi connectivity index (χ1v) is 10.1. The van der Waals surface area contributed by atoms with Crippen molar-refractivity contribution in [2.45, 2.75) is 19.4 Å². The molecule has 1 saturated heterocycles. The van der Waals surface area contributed by atoms with Crippen LogP contribution in [-0.4, -0.2) is 46.8 Å². The van der Waals surface area contributed by atoms with E-state index in [1.807, 2.05) is 30.3 Å². The van der Waals surface area contributed by atoms with Gasteiger partial charge in [0.25, 0.3) is 17.5 Å². The fourth-order valence-corrected chi connectivity index (χ4v) is 3.26. The lowest BCUT2D eigenvalue weighted by Gasteiger charge is -2.18. The number of hydrogen-bond donors (Lipinski definition) is 2. The Bertz CT molecular complexity index is 1060. The van der Waals surface area contributed by atoms with Gasteiger partial charge in [-0.2, -0.15) is 0 Å². The monoisotopic (exact) mass is 454 g/mol. The first-order chi connectivity index (χ1) is 15.7. The van der Waals surface area contributed by atoms with Crippen molar-refractivity contribution in [3.8, 4) is 0 Å². The van der Waals surface area contributed by atoms with Crippen molar-refractivity contribution in [3.05, 3.63) is 75.8 Å². The fraction of sp³-hybridized carbons (Fsp3) is 0.273. The molecule has 33 heavy (non-hydrogen) atoms. The first kappa shape index (κ1) is 23.4. The number of non-ortho nitro benzene ring substituents is 1. The van der Waals surface area contributed by atoms with E-state index >= 15 is 0 Å². The Kier molecular flexibility index (Phi) is 7.34. The van der Waals surface area contributed by atoms with Crippen molar-refractivity contribution >= 4 is 29.4 Å². The number of hydrogen-bond acceptors (Lipinski definition) is 7. The highest BCUT2D eigenvalue weighted by molar-refractivity contribution is 5.96. The van der Waals surface area contributed by atoms with Gasteiger partial charge < -0.3 is 10.1 Å². The number of carbonyl (C=O) groups is 4. The second kappa shape index (κ2) is 10.4. The molecule has 0 aromatic heterocycles. The highest BCUT2D eigenvalue weighted by Gasteiger charge is 2.36. The molecule has 0 radical (unpaired) electrons. The number of esters is 1. The normalized spacial score (nSPS) is 16.1. The maximum Gasteiger partial charge on any atom is 0.311 e. The molecule has 2 aromatic carbocycles. The minimum Gasteiger partial charge on any atom is -0.455 e. The summed E-state index contributed by atoms with van der Waals surface area (Å²) in [5, 5.41) is 14.4. The zero-order valence-electron chi connectivity index (χ0n) is 17.7. The molecule has 3 rings (SSSR count). The van der Waals surface area contributed by atoms with E-state index in [1.165, 1.54) is 24.3 Å². The van der Waals surface area contributed by atoms with E-state index in [-0.39, 0.29) is 30.3 Å². The summed E-state index contributed by atoms with van der Waals surface area (Å²) in [5.74, 6) is -3.18. The average molecular weight is 454 g/mol. The number of rotatable bonds is 8. The summed E-state index contributed by atoms with van der Waals surface area (Å²) in [5.41, 5.74) is 3.22. The number of hydrazine groups is 1.